The van der Waals surface area contributed by atoms with Gasteiger partial charge >= 0.3 is 6.01 Å². The molecule has 0 saturated carbocycles. The normalized spacial score (nSPS) is 10.8. The molecule has 0 aliphatic heterocycles. The highest BCUT2D eigenvalue weighted by Crippen LogP contribution is 2.27. The Balaban J connectivity index is 2.06. The van der Waals surface area contributed by atoms with Gasteiger partial charge in [-0.3, -0.25) is 4.79 Å². The molecule has 0 radical (unpaired) electrons. The summed E-state index contributed by atoms with van der Waals surface area (Å²) in [5.41, 5.74) is 0.710. The van der Waals surface area contributed by atoms with Crippen molar-refractivity contribution in [3.05, 3.63) is 40.8 Å². The number of benzene rings is 1. The average Bonchev–Trinajstić information content (AvgIpc) is 2.64. The largest absolute Gasteiger partial charge is 0.493 e. The van der Waals surface area contributed by atoms with Crippen LogP contribution in [0.3, 0.4) is 0 Å². The van der Waals surface area contributed by atoms with Crippen LogP contribution in [0.4, 0.5) is 0 Å². The maximum Gasteiger partial charge on any atom is 0.318 e. The molecule has 0 aliphatic rings. The van der Waals surface area contributed by atoms with E-state index >= 15 is 0 Å². The average molecular weight is 340 g/mol. The van der Waals surface area contributed by atoms with Gasteiger partial charge in [-0.1, -0.05) is 26.0 Å². The zero-order chi connectivity index (χ0) is 17.6. The van der Waals surface area contributed by atoms with Crippen molar-refractivity contribution < 1.29 is 9.47 Å². The molecule has 130 valence electrons. The van der Waals surface area contributed by atoms with E-state index in [1.807, 2.05) is 38.1 Å². The first kappa shape index (κ1) is 16.9. The van der Waals surface area contributed by atoms with Gasteiger partial charge in [-0.25, -0.2) is 9.97 Å². The zero-order valence-corrected chi connectivity index (χ0v) is 14.3. The molecule has 0 saturated heterocycles. The van der Waals surface area contributed by atoms with Crippen LogP contribution in [0, 0.1) is 0 Å². The van der Waals surface area contributed by atoms with Crippen molar-refractivity contribution in [2.24, 2.45) is 0 Å². The fraction of sp³-hybridized carbons (Fsp3) is 0.333. The van der Waals surface area contributed by atoms with E-state index in [0.717, 1.165) is 12.8 Å². The van der Waals surface area contributed by atoms with Crippen LogP contribution in [0.1, 0.15) is 26.7 Å². The first-order valence-corrected chi connectivity index (χ1v) is 8.35. The van der Waals surface area contributed by atoms with Gasteiger partial charge in [0.2, 0.25) is 0 Å². The standard InChI is InChI=1S/C18H20N4O3/c1-3-9-24-14-8-6-5-7-12(14)15-20-16-13(17(23)21-15)11-19-18(22-16)25-10-4-2/h5-8,11H,3-4,9-10H2,1-2H3,(H,19,20,21,22,23). The summed E-state index contributed by atoms with van der Waals surface area (Å²) in [4.78, 5) is 27.9. The summed E-state index contributed by atoms with van der Waals surface area (Å²) in [6.07, 6.45) is 3.17. The fourth-order valence-electron chi connectivity index (χ4n) is 2.30. The zero-order valence-electron chi connectivity index (χ0n) is 14.3. The fourth-order valence-corrected chi connectivity index (χ4v) is 2.30. The lowest BCUT2D eigenvalue weighted by Crippen LogP contribution is -2.12. The van der Waals surface area contributed by atoms with Crippen LogP contribution < -0.4 is 15.0 Å². The first-order chi connectivity index (χ1) is 12.2. The highest BCUT2D eigenvalue weighted by molar-refractivity contribution is 5.76. The van der Waals surface area contributed by atoms with E-state index in [-0.39, 0.29) is 11.6 Å². The van der Waals surface area contributed by atoms with Crippen LogP contribution in [0.5, 0.6) is 11.8 Å². The summed E-state index contributed by atoms with van der Waals surface area (Å²) in [5.74, 6) is 1.08. The van der Waals surface area contributed by atoms with Gasteiger partial charge in [0.05, 0.1) is 18.8 Å². The molecule has 0 aliphatic carbocycles. The monoisotopic (exact) mass is 340 g/mol. The molecule has 0 fully saturated rings. The smallest absolute Gasteiger partial charge is 0.318 e. The molecule has 7 nitrogen and oxygen atoms in total. The second kappa shape index (κ2) is 7.74. The Morgan fingerprint density at radius 2 is 1.80 bits per heavy atom. The highest BCUT2D eigenvalue weighted by atomic mass is 16.5. The van der Waals surface area contributed by atoms with Gasteiger partial charge in [0, 0.05) is 6.20 Å². The maximum atomic E-state index is 12.4. The van der Waals surface area contributed by atoms with E-state index in [1.54, 1.807) is 0 Å². The summed E-state index contributed by atoms with van der Waals surface area (Å²) >= 11 is 0. The predicted octanol–water partition coefficient (Wildman–Crippen LogP) is 2.96. The molecule has 3 aromatic rings. The van der Waals surface area contributed by atoms with Crippen molar-refractivity contribution in [2.45, 2.75) is 26.7 Å². The van der Waals surface area contributed by atoms with Crippen LogP contribution in [-0.4, -0.2) is 33.1 Å². The molecule has 1 aromatic carbocycles. The van der Waals surface area contributed by atoms with Gasteiger partial charge in [0.1, 0.15) is 17.0 Å². The topological polar surface area (TPSA) is 90.0 Å². The third-order valence-electron chi connectivity index (χ3n) is 3.48. The lowest BCUT2D eigenvalue weighted by Gasteiger charge is -2.10. The minimum atomic E-state index is -0.299. The summed E-state index contributed by atoms with van der Waals surface area (Å²) in [7, 11) is 0. The SMILES string of the molecule is CCCOc1ncc2c(=O)[nH]c(-c3ccccc3OCCC)nc2n1. The molecule has 0 amide bonds. The molecule has 0 bridgehead atoms. The number of nitrogens with zero attached hydrogens (tertiary/aromatic N) is 3. The third kappa shape index (κ3) is 3.76. The number of rotatable bonds is 7. The Kier molecular flexibility index (Phi) is 5.23. The van der Waals surface area contributed by atoms with Gasteiger partial charge in [-0.2, -0.15) is 4.98 Å². The van der Waals surface area contributed by atoms with Crippen molar-refractivity contribution in [1.82, 2.24) is 19.9 Å². The Hall–Kier alpha value is -2.96. The van der Waals surface area contributed by atoms with Crippen molar-refractivity contribution in [3.8, 4) is 23.1 Å². The Labute approximate surface area is 145 Å². The number of ether oxygens (including phenoxy) is 2. The molecule has 0 spiro atoms. The Bertz CT molecular complexity index is 924. The van der Waals surface area contributed by atoms with Crippen molar-refractivity contribution in [1.29, 1.82) is 0 Å². The van der Waals surface area contributed by atoms with Crippen molar-refractivity contribution >= 4 is 11.0 Å². The number of fused-ring (bicyclic) bond motifs is 1. The quantitative estimate of drug-likeness (QED) is 0.711. The van der Waals surface area contributed by atoms with E-state index in [9.17, 15) is 4.79 Å². The first-order valence-electron chi connectivity index (χ1n) is 8.35. The molecular formula is C18H20N4O3. The molecule has 1 N–H and O–H groups in total. The number of para-hydroxylation sites is 1. The van der Waals surface area contributed by atoms with Gasteiger partial charge in [-0.05, 0) is 25.0 Å². The van der Waals surface area contributed by atoms with Crippen LogP contribution in [0.15, 0.2) is 35.3 Å². The van der Waals surface area contributed by atoms with Gasteiger partial charge in [-0.15, -0.1) is 0 Å². The molecule has 0 atom stereocenters. The summed E-state index contributed by atoms with van der Waals surface area (Å²) in [6, 6.07) is 7.67. The van der Waals surface area contributed by atoms with Gasteiger partial charge < -0.3 is 14.5 Å². The Morgan fingerprint density at radius 1 is 1.04 bits per heavy atom. The highest BCUT2D eigenvalue weighted by Gasteiger charge is 2.12. The van der Waals surface area contributed by atoms with Gasteiger partial charge in [0.25, 0.3) is 5.56 Å². The molecule has 0 unspecified atom stereocenters. The minimum Gasteiger partial charge on any atom is -0.493 e. The molecule has 7 heteroatoms. The molecule has 3 rings (SSSR count). The Morgan fingerprint density at radius 3 is 2.60 bits per heavy atom. The van der Waals surface area contributed by atoms with E-state index in [0.29, 0.717) is 41.4 Å². The lowest BCUT2D eigenvalue weighted by atomic mass is 10.2. The van der Waals surface area contributed by atoms with Crippen molar-refractivity contribution in [3.63, 3.8) is 0 Å². The molecule has 2 heterocycles. The second-order valence-corrected chi connectivity index (χ2v) is 5.50. The summed E-state index contributed by atoms with van der Waals surface area (Å²) < 4.78 is 11.2. The number of H-pyrrole nitrogens is 1. The second-order valence-electron chi connectivity index (χ2n) is 5.50. The summed E-state index contributed by atoms with van der Waals surface area (Å²) in [6.45, 7) is 5.13. The summed E-state index contributed by atoms with van der Waals surface area (Å²) in [5, 5.41) is 0.319. The lowest BCUT2D eigenvalue weighted by molar-refractivity contribution is 0.293. The van der Waals surface area contributed by atoms with E-state index in [1.165, 1.54) is 6.20 Å². The number of nitrogens with one attached hydrogen (secondary N) is 1. The number of aromatic amines is 1. The molecule has 2 aromatic heterocycles. The van der Waals surface area contributed by atoms with E-state index in [2.05, 4.69) is 19.9 Å². The molecule has 25 heavy (non-hydrogen) atoms. The number of hydrogen-bond acceptors (Lipinski definition) is 6. The van der Waals surface area contributed by atoms with Crippen LogP contribution in [0.2, 0.25) is 0 Å². The van der Waals surface area contributed by atoms with E-state index in [4.69, 9.17) is 9.47 Å². The number of hydrogen-bond donors (Lipinski definition) is 1. The van der Waals surface area contributed by atoms with E-state index < -0.39 is 0 Å². The van der Waals surface area contributed by atoms with Crippen LogP contribution in [-0.2, 0) is 0 Å². The maximum absolute atomic E-state index is 12.4. The predicted molar refractivity (Wildman–Crippen MR) is 95.0 cm³/mol. The number of aromatic nitrogens is 4. The third-order valence-corrected chi connectivity index (χ3v) is 3.48. The van der Waals surface area contributed by atoms with Gasteiger partial charge in [0.15, 0.2) is 5.65 Å². The van der Waals surface area contributed by atoms with Crippen LogP contribution >= 0.6 is 0 Å². The van der Waals surface area contributed by atoms with Crippen LogP contribution in [0.25, 0.3) is 22.4 Å². The minimum absolute atomic E-state index is 0.217. The van der Waals surface area contributed by atoms with Crippen molar-refractivity contribution in [2.75, 3.05) is 13.2 Å². The molecular weight excluding hydrogens is 320 g/mol.